The lowest BCUT2D eigenvalue weighted by molar-refractivity contribution is 0.102. The molecule has 2 N–H and O–H groups in total. The number of methoxy groups -OCH3 is 1. The Morgan fingerprint density at radius 2 is 1.93 bits per heavy atom. The molecule has 152 valence electrons. The molecule has 0 spiro atoms. The zero-order chi connectivity index (χ0) is 21.0. The van der Waals surface area contributed by atoms with Gasteiger partial charge in [0.25, 0.3) is 5.91 Å². The lowest BCUT2D eigenvalue weighted by Gasteiger charge is -2.12. The van der Waals surface area contributed by atoms with Gasteiger partial charge in [0.2, 0.25) is 10.0 Å². The van der Waals surface area contributed by atoms with Gasteiger partial charge in [0, 0.05) is 10.6 Å². The Morgan fingerprint density at radius 3 is 2.62 bits per heavy atom. The SMILES string of the molecule is COc1ccc(Cl)cc1NC(=O)c1ccc(Cl)c(S(=O)(=O)NCc2ccco2)c1. The highest BCUT2D eigenvalue weighted by Gasteiger charge is 2.21. The second kappa shape index (κ2) is 8.87. The van der Waals surface area contributed by atoms with Crippen LogP contribution in [0.3, 0.4) is 0 Å². The average Bonchev–Trinajstić information content (AvgIpc) is 3.20. The van der Waals surface area contributed by atoms with E-state index in [0.29, 0.717) is 22.2 Å². The van der Waals surface area contributed by atoms with Crippen molar-refractivity contribution in [1.29, 1.82) is 0 Å². The van der Waals surface area contributed by atoms with Crippen LogP contribution < -0.4 is 14.8 Å². The van der Waals surface area contributed by atoms with Crippen molar-refractivity contribution in [3.63, 3.8) is 0 Å². The largest absolute Gasteiger partial charge is 0.495 e. The molecule has 3 rings (SSSR count). The summed E-state index contributed by atoms with van der Waals surface area (Å²) in [6, 6.07) is 12.0. The smallest absolute Gasteiger partial charge is 0.255 e. The number of halogens is 2. The summed E-state index contributed by atoms with van der Waals surface area (Å²) in [4.78, 5) is 12.4. The molecule has 7 nitrogen and oxygen atoms in total. The van der Waals surface area contributed by atoms with Crippen LogP contribution in [0.2, 0.25) is 10.0 Å². The third kappa shape index (κ3) is 5.10. The number of amides is 1. The number of anilines is 1. The second-order valence-electron chi connectivity index (χ2n) is 5.85. The van der Waals surface area contributed by atoms with Crippen LogP contribution in [0.15, 0.2) is 64.1 Å². The van der Waals surface area contributed by atoms with Gasteiger partial charge in [-0.15, -0.1) is 0 Å². The van der Waals surface area contributed by atoms with Crippen LogP contribution in [0.25, 0.3) is 0 Å². The third-order valence-electron chi connectivity index (χ3n) is 3.91. The van der Waals surface area contributed by atoms with E-state index in [1.54, 1.807) is 24.3 Å². The second-order valence-corrected chi connectivity index (χ2v) is 8.43. The molecule has 1 heterocycles. The minimum absolute atomic E-state index is 0.0196. The van der Waals surface area contributed by atoms with Gasteiger partial charge in [0.15, 0.2) is 0 Å². The minimum Gasteiger partial charge on any atom is -0.495 e. The molecule has 0 bridgehead atoms. The number of benzene rings is 2. The van der Waals surface area contributed by atoms with Crippen LogP contribution in [0.4, 0.5) is 5.69 Å². The monoisotopic (exact) mass is 454 g/mol. The Morgan fingerprint density at radius 1 is 1.14 bits per heavy atom. The van der Waals surface area contributed by atoms with Crippen LogP contribution in [-0.2, 0) is 16.6 Å². The van der Waals surface area contributed by atoms with E-state index in [4.69, 9.17) is 32.4 Å². The van der Waals surface area contributed by atoms with Crippen LogP contribution >= 0.6 is 23.2 Å². The van der Waals surface area contributed by atoms with Crippen LogP contribution in [0, 0.1) is 0 Å². The van der Waals surface area contributed by atoms with E-state index in [1.165, 1.54) is 37.6 Å². The number of carbonyl (C=O) groups is 1. The molecule has 2 aromatic carbocycles. The number of hydrogen-bond acceptors (Lipinski definition) is 5. The minimum atomic E-state index is -3.98. The van der Waals surface area contributed by atoms with Crippen molar-refractivity contribution in [3.8, 4) is 5.75 Å². The summed E-state index contributed by atoms with van der Waals surface area (Å²) in [6.07, 6.45) is 1.44. The Hall–Kier alpha value is -2.52. The fourth-order valence-corrected chi connectivity index (χ4v) is 4.17. The first kappa shape index (κ1) is 21.2. The van der Waals surface area contributed by atoms with Gasteiger partial charge < -0.3 is 14.5 Å². The molecule has 1 amide bonds. The number of rotatable bonds is 7. The van der Waals surface area contributed by atoms with Crippen molar-refractivity contribution in [1.82, 2.24) is 4.72 Å². The Balaban J connectivity index is 1.84. The van der Waals surface area contributed by atoms with Gasteiger partial charge in [-0.1, -0.05) is 23.2 Å². The lowest BCUT2D eigenvalue weighted by Crippen LogP contribution is -2.24. The van der Waals surface area contributed by atoms with E-state index in [1.807, 2.05) is 0 Å². The predicted octanol–water partition coefficient (Wildman–Crippen LogP) is 4.33. The normalized spacial score (nSPS) is 11.3. The number of sulfonamides is 1. The first-order valence-corrected chi connectivity index (χ1v) is 10.5. The predicted molar refractivity (Wildman–Crippen MR) is 110 cm³/mol. The lowest BCUT2D eigenvalue weighted by atomic mass is 10.2. The summed E-state index contributed by atoms with van der Waals surface area (Å²) >= 11 is 12.0. The molecule has 0 fully saturated rings. The van der Waals surface area contributed by atoms with Gasteiger partial charge in [0.1, 0.15) is 16.4 Å². The molecule has 10 heteroatoms. The molecule has 0 aliphatic heterocycles. The third-order valence-corrected chi connectivity index (χ3v) is 6.03. The van der Waals surface area contributed by atoms with Gasteiger partial charge in [-0.05, 0) is 48.5 Å². The maximum absolute atomic E-state index is 12.6. The molecule has 0 saturated heterocycles. The summed E-state index contributed by atoms with van der Waals surface area (Å²) < 4.78 is 37.9. The highest BCUT2D eigenvalue weighted by molar-refractivity contribution is 7.89. The Labute approximate surface area is 177 Å². The molecular weight excluding hydrogens is 439 g/mol. The highest BCUT2D eigenvalue weighted by Crippen LogP contribution is 2.29. The van der Waals surface area contributed by atoms with Crippen molar-refractivity contribution in [3.05, 3.63) is 76.2 Å². The zero-order valence-electron chi connectivity index (χ0n) is 15.1. The zero-order valence-corrected chi connectivity index (χ0v) is 17.4. The van der Waals surface area contributed by atoms with Crippen molar-refractivity contribution < 1.29 is 22.4 Å². The summed E-state index contributed by atoms with van der Waals surface area (Å²) in [7, 11) is -2.53. The fourth-order valence-electron chi connectivity index (χ4n) is 2.48. The summed E-state index contributed by atoms with van der Waals surface area (Å²) in [5.74, 6) is 0.293. The molecule has 1 aromatic heterocycles. The van der Waals surface area contributed by atoms with Crippen LogP contribution in [0.5, 0.6) is 5.75 Å². The maximum Gasteiger partial charge on any atom is 0.255 e. The van der Waals surface area contributed by atoms with Crippen molar-refractivity contribution in [2.24, 2.45) is 0 Å². The molecule has 0 radical (unpaired) electrons. The Kier molecular flexibility index (Phi) is 6.49. The van der Waals surface area contributed by atoms with Gasteiger partial charge in [-0.25, -0.2) is 13.1 Å². The van der Waals surface area contributed by atoms with E-state index in [-0.39, 0.29) is 22.0 Å². The molecule has 0 atom stereocenters. The number of furan rings is 1. The van der Waals surface area contributed by atoms with Gasteiger partial charge >= 0.3 is 0 Å². The first-order chi connectivity index (χ1) is 13.8. The molecule has 0 saturated carbocycles. The van der Waals surface area contributed by atoms with E-state index < -0.39 is 15.9 Å². The van der Waals surface area contributed by atoms with E-state index >= 15 is 0 Å². The Bertz CT molecular complexity index is 1130. The van der Waals surface area contributed by atoms with E-state index in [0.717, 1.165) is 0 Å². The molecule has 3 aromatic rings. The number of carbonyl (C=O) groups excluding carboxylic acids is 1. The first-order valence-electron chi connectivity index (χ1n) is 8.26. The molecule has 0 unspecified atom stereocenters. The summed E-state index contributed by atoms with van der Waals surface area (Å²) in [5, 5.41) is 3.03. The van der Waals surface area contributed by atoms with Gasteiger partial charge in [-0.2, -0.15) is 0 Å². The molecular formula is C19H16Cl2N2O5S. The fraction of sp³-hybridized carbons (Fsp3) is 0.105. The maximum atomic E-state index is 12.6. The number of ether oxygens (including phenoxy) is 1. The quantitative estimate of drug-likeness (QED) is 0.553. The highest BCUT2D eigenvalue weighted by atomic mass is 35.5. The van der Waals surface area contributed by atoms with Gasteiger partial charge in [-0.3, -0.25) is 4.79 Å². The van der Waals surface area contributed by atoms with Crippen LogP contribution in [0.1, 0.15) is 16.1 Å². The molecule has 29 heavy (non-hydrogen) atoms. The summed E-state index contributed by atoms with van der Waals surface area (Å²) in [6.45, 7) is -0.0538. The standard InChI is InChI=1S/C19H16Cl2N2O5S/c1-27-17-7-5-13(20)10-16(17)23-19(24)12-4-6-15(21)18(9-12)29(25,26)22-11-14-3-2-8-28-14/h2-10,22H,11H2,1H3,(H,23,24). The average molecular weight is 455 g/mol. The van der Waals surface area contributed by atoms with Crippen LogP contribution in [-0.4, -0.2) is 21.4 Å². The molecule has 0 aliphatic carbocycles. The summed E-state index contributed by atoms with van der Waals surface area (Å²) in [5.41, 5.74) is 0.440. The topological polar surface area (TPSA) is 97.6 Å². The number of hydrogen-bond donors (Lipinski definition) is 2. The van der Waals surface area contributed by atoms with Crippen molar-refractivity contribution in [2.45, 2.75) is 11.4 Å². The number of nitrogens with one attached hydrogen (secondary N) is 2. The van der Waals surface area contributed by atoms with E-state index in [2.05, 4.69) is 10.0 Å². The molecule has 0 aliphatic rings. The van der Waals surface area contributed by atoms with E-state index in [9.17, 15) is 13.2 Å². The van der Waals surface area contributed by atoms with Crippen molar-refractivity contribution >= 4 is 44.8 Å². The van der Waals surface area contributed by atoms with Gasteiger partial charge in [0.05, 0.1) is 30.6 Å². The van der Waals surface area contributed by atoms with Crippen molar-refractivity contribution in [2.75, 3.05) is 12.4 Å².